The predicted octanol–water partition coefficient (Wildman–Crippen LogP) is 3.39. The van der Waals surface area contributed by atoms with Crippen LogP contribution in [0.25, 0.3) is 0 Å². The van der Waals surface area contributed by atoms with Crippen LogP contribution >= 0.6 is 22.6 Å². The van der Waals surface area contributed by atoms with Crippen molar-refractivity contribution in [2.45, 2.75) is 58.6 Å². The number of likely N-dealkylation sites (tertiary alicyclic amines) is 1. The van der Waals surface area contributed by atoms with E-state index in [0.717, 1.165) is 17.3 Å². The Kier molecular flexibility index (Phi) is 7.23. The van der Waals surface area contributed by atoms with E-state index in [4.69, 9.17) is 9.47 Å². The maximum absolute atomic E-state index is 12.3. The minimum Gasteiger partial charge on any atom is -0.464 e. The first-order chi connectivity index (χ1) is 9.78. The molecule has 1 heterocycles. The summed E-state index contributed by atoms with van der Waals surface area (Å²) in [5, 5.41) is 0. The average molecular weight is 411 g/mol. The van der Waals surface area contributed by atoms with E-state index in [-0.39, 0.29) is 5.97 Å². The summed E-state index contributed by atoms with van der Waals surface area (Å²) in [5.74, 6) is 0.150. The monoisotopic (exact) mass is 411 g/mol. The number of piperidine rings is 1. The summed E-state index contributed by atoms with van der Waals surface area (Å²) in [4.78, 5) is 26.0. The van der Waals surface area contributed by atoms with Gasteiger partial charge in [-0.05, 0) is 57.3 Å². The van der Waals surface area contributed by atoms with E-state index in [1.807, 2.05) is 20.8 Å². The maximum atomic E-state index is 12.3. The highest BCUT2D eigenvalue weighted by Gasteiger charge is 2.38. The molecule has 122 valence electrons. The molecule has 2 unspecified atom stereocenters. The molecule has 1 aliphatic rings. The molecule has 6 heteroatoms. The molecule has 0 saturated carbocycles. The number of ether oxygens (including phenoxy) is 2. The highest BCUT2D eigenvalue weighted by atomic mass is 127. The second-order valence-corrected chi connectivity index (χ2v) is 7.39. The zero-order valence-corrected chi connectivity index (χ0v) is 15.5. The van der Waals surface area contributed by atoms with Crippen molar-refractivity contribution in [1.82, 2.24) is 4.90 Å². The zero-order chi connectivity index (χ0) is 16.0. The van der Waals surface area contributed by atoms with E-state index in [0.29, 0.717) is 25.5 Å². The lowest BCUT2D eigenvalue weighted by molar-refractivity contribution is -0.151. The lowest BCUT2D eigenvalue weighted by Crippen LogP contribution is -2.52. The molecular weight excluding hydrogens is 385 g/mol. The number of hydrogen-bond acceptors (Lipinski definition) is 4. The Morgan fingerprint density at radius 3 is 2.52 bits per heavy atom. The maximum Gasteiger partial charge on any atom is 0.411 e. The first kappa shape index (κ1) is 18.5. The number of rotatable bonds is 4. The smallest absolute Gasteiger partial charge is 0.411 e. The summed E-state index contributed by atoms with van der Waals surface area (Å²) in [5.41, 5.74) is -0.560. The van der Waals surface area contributed by atoms with Crippen molar-refractivity contribution in [1.29, 1.82) is 0 Å². The van der Waals surface area contributed by atoms with E-state index in [1.54, 1.807) is 6.92 Å². The zero-order valence-electron chi connectivity index (χ0n) is 13.4. The van der Waals surface area contributed by atoms with Crippen LogP contribution in [0.5, 0.6) is 0 Å². The number of halogens is 1. The van der Waals surface area contributed by atoms with Crippen LogP contribution in [0, 0.1) is 5.92 Å². The third-order valence-corrected chi connectivity index (χ3v) is 4.04. The Balaban J connectivity index is 2.79. The van der Waals surface area contributed by atoms with Gasteiger partial charge in [0.15, 0.2) is 0 Å². The third-order valence-electron chi connectivity index (χ3n) is 3.42. The van der Waals surface area contributed by atoms with E-state index in [9.17, 15) is 9.59 Å². The molecule has 1 aliphatic heterocycles. The van der Waals surface area contributed by atoms with Crippen LogP contribution in [0.2, 0.25) is 0 Å². The molecule has 0 radical (unpaired) electrons. The van der Waals surface area contributed by atoms with Crippen molar-refractivity contribution in [2.24, 2.45) is 5.92 Å². The van der Waals surface area contributed by atoms with Crippen molar-refractivity contribution >= 4 is 34.7 Å². The van der Waals surface area contributed by atoms with Crippen molar-refractivity contribution in [3.8, 4) is 0 Å². The van der Waals surface area contributed by atoms with Gasteiger partial charge in [-0.2, -0.15) is 0 Å². The molecule has 1 rings (SSSR count). The first-order valence-corrected chi connectivity index (χ1v) is 9.03. The number of nitrogens with zero attached hydrogens (tertiary/aromatic N) is 1. The SMILES string of the molecule is CCOC(=O)C1CC(CCI)CCN1C(=O)OC(C)(C)C. The number of esters is 1. The molecule has 5 nitrogen and oxygen atoms in total. The molecule has 1 amide bonds. The molecule has 0 spiro atoms. The van der Waals surface area contributed by atoms with Crippen molar-refractivity contribution in [3.63, 3.8) is 0 Å². The van der Waals surface area contributed by atoms with E-state index < -0.39 is 17.7 Å². The summed E-state index contributed by atoms with van der Waals surface area (Å²) in [6.45, 7) is 8.14. The second kappa shape index (κ2) is 8.19. The summed E-state index contributed by atoms with van der Waals surface area (Å²) in [6, 6.07) is -0.513. The Morgan fingerprint density at radius 1 is 1.33 bits per heavy atom. The lowest BCUT2D eigenvalue weighted by atomic mass is 9.89. The van der Waals surface area contributed by atoms with Gasteiger partial charge in [0, 0.05) is 6.54 Å². The van der Waals surface area contributed by atoms with Crippen LogP contribution in [-0.4, -0.2) is 46.2 Å². The largest absolute Gasteiger partial charge is 0.464 e. The van der Waals surface area contributed by atoms with Gasteiger partial charge in [0.05, 0.1) is 6.61 Å². The molecule has 0 N–H and O–H groups in total. The Bertz CT molecular complexity index is 367. The van der Waals surface area contributed by atoms with Crippen LogP contribution in [0.4, 0.5) is 4.79 Å². The molecule has 0 aliphatic carbocycles. The summed E-state index contributed by atoms with van der Waals surface area (Å²) in [7, 11) is 0. The summed E-state index contributed by atoms with van der Waals surface area (Å²) < 4.78 is 11.6. The molecule has 1 saturated heterocycles. The third kappa shape index (κ3) is 6.00. The predicted molar refractivity (Wildman–Crippen MR) is 89.6 cm³/mol. The Morgan fingerprint density at radius 2 is 2.00 bits per heavy atom. The molecule has 21 heavy (non-hydrogen) atoms. The van der Waals surface area contributed by atoms with Crippen molar-refractivity contribution in [3.05, 3.63) is 0 Å². The minimum atomic E-state index is -0.560. The quantitative estimate of drug-likeness (QED) is 0.404. The van der Waals surface area contributed by atoms with Crippen LogP contribution in [0.3, 0.4) is 0 Å². The normalized spacial score (nSPS) is 22.8. The van der Waals surface area contributed by atoms with E-state index in [1.165, 1.54) is 4.90 Å². The standard InChI is InChI=1S/C15H26INO4/c1-5-20-13(18)12-10-11(6-8-16)7-9-17(12)14(19)21-15(2,3)4/h11-12H,5-10H2,1-4H3. The minimum absolute atomic E-state index is 0.318. The first-order valence-electron chi connectivity index (χ1n) is 7.50. The number of hydrogen-bond donors (Lipinski definition) is 0. The van der Waals surface area contributed by atoms with Gasteiger partial charge < -0.3 is 9.47 Å². The van der Waals surface area contributed by atoms with Gasteiger partial charge in [-0.25, -0.2) is 9.59 Å². The fraction of sp³-hybridized carbons (Fsp3) is 0.867. The molecule has 0 aromatic carbocycles. The van der Waals surface area contributed by atoms with Crippen LogP contribution < -0.4 is 0 Å². The van der Waals surface area contributed by atoms with Crippen LogP contribution in [-0.2, 0) is 14.3 Å². The molecule has 0 bridgehead atoms. The van der Waals surface area contributed by atoms with Gasteiger partial charge >= 0.3 is 12.1 Å². The Labute approximate surface area is 140 Å². The van der Waals surface area contributed by atoms with Crippen molar-refractivity contribution < 1.29 is 19.1 Å². The molecule has 0 aromatic heterocycles. The molecule has 1 fully saturated rings. The number of carbonyl (C=O) groups is 2. The molecule has 2 atom stereocenters. The Hall–Kier alpha value is -0.530. The average Bonchev–Trinajstić information content (AvgIpc) is 2.37. The van der Waals surface area contributed by atoms with Gasteiger partial charge in [-0.1, -0.05) is 22.6 Å². The second-order valence-electron chi connectivity index (χ2n) is 6.31. The van der Waals surface area contributed by atoms with Gasteiger partial charge in [-0.3, -0.25) is 4.90 Å². The summed E-state index contributed by atoms with van der Waals surface area (Å²) >= 11 is 2.35. The number of carbonyl (C=O) groups excluding carboxylic acids is 2. The highest BCUT2D eigenvalue weighted by Crippen LogP contribution is 2.28. The summed E-state index contributed by atoms with van der Waals surface area (Å²) in [6.07, 6.45) is 2.23. The van der Waals surface area contributed by atoms with Gasteiger partial charge in [-0.15, -0.1) is 0 Å². The van der Waals surface area contributed by atoms with Crippen LogP contribution in [0.1, 0.15) is 47.0 Å². The number of alkyl halides is 1. The van der Waals surface area contributed by atoms with E-state index >= 15 is 0 Å². The van der Waals surface area contributed by atoms with Gasteiger partial charge in [0.25, 0.3) is 0 Å². The number of amides is 1. The van der Waals surface area contributed by atoms with E-state index in [2.05, 4.69) is 22.6 Å². The lowest BCUT2D eigenvalue weighted by Gasteiger charge is -2.38. The van der Waals surface area contributed by atoms with Crippen LogP contribution in [0.15, 0.2) is 0 Å². The topological polar surface area (TPSA) is 55.8 Å². The molecular formula is C15H26INO4. The van der Waals surface area contributed by atoms with Gasteiger partial charge in [0.1, 0.15) is 11.6 Å². The van der Waals surface area contributed by atoms with Crippen molar-refractivity contribution in [2.75, 3.05) is 17.6 Å². The van der Waals surface area contributed by atoms with Gasteiger partial charge in [0.2, 0.25) is 0 Å². The fourth-order valence-electron chi connectivity index (χ4n) is 2.46. The highest BCUT2D eigenvalue weighted by molar-refractivity contribution is 14.1. The fourth-order valence-corrected chi connectivity index (χ4v) is 3.34. The molecule has 0 aromatic rings.